The molecule has 0 fully saturated rings. The number of benzene rings is 1. The van der Waals surface area contributed by atoms with Crippen LogP contribution in [-0.4, -0.2) is 38.2 Å². The van der Waals surface area contributed by atoms with Crippen LogP contribution in [0.3, 0.4) is 0 Å². The van der Waals surface area contributed by atoms with Crippen LogP contribution in [0.4, 0.5) is 0 Å². The van der Waals surface area contributed by atoms with Gasteiger partial charge in [-0.05, 0) is 30.8 Å². The highest BCUT2D eigenvalue weighted by Gasteiger charge is 2.30. The molecule has 1 aliphatic rings. The Morgan fingerprint density at radius 2 is 2.33 bits per heavy atom. The van der Waals surface area contributed by atoms with Crippen molar-refractivity contribution in [3.8, 4) is 11.5 Å². The molecular formula is C15H18BN3O5. The van der Waals surface area contributed by atoms with Crippen LogP contribution in [-0.2, 0) is 19.6 Å². The molecule has 0 atom stereocenters. The quantitative estimate of drug-likeness (QED) is 0.770. The summed E-state index contributed by atoms with van der Waals surface area (Å²) < 4.78 is 12.6. The van der Waals surface area contributed by atoms with Gasteiger partial charge in [-0.2, -0.15) is 0 Å². The Morgan fingerprint density at radius 1 is 1.50 bits per heavy atom. The molecule has 1 aliphatic heterocycles. The molecule has 8 nitrogen and oxygen atoms in total. The van der Waals surface area contributed by atoms with Crippen molar-refractivity contribution in [3.05, 3.63) is 35.2 Å². The van der Waals surface area contributed by atoms with E-state index < -0.39 is 13.1 Å². The molecule has 126 valence electrons. The van der Waals surface area contributed by atoms with Crippen molar-refractivity contribution in [2.75, 3.05) is 0 Å². The number of carboxylic acids is 1. The summed E-state index contributed by atoms with van der Waals surface area (Å²) in [5, 5.41) is 27.1. The minimum Gasteiger partial charge on any atom is -0.535 e. The van der Waals surface area contributed by atoms with Crippen LogP contribution in [0.2, 0.25) is 6.32 Å². The molecule has 0 radical (unpaired) electrons. The van der Waals surface area contributed by atoms with Crippen molar-refractivity contribution >= 4 is 13.1 Å². The van der Waals surface area contributed by atoms with Crippen molar-refractivity contribution in [3.63, 3.8) is 0 Å². The Labute approximate surface area is 139 Å². The lowest BCUT2D eigenvalue weighted by molar-refractivity contribution is 0.0689. The number of ether oxygens (including phenoxy) is 1. The summed E-state index contributed by atoms with van der Waals surface area (Å²) >= 11 is 0. The zero-order valence-electron chi connectivity index (χ0n) is 13.3. The summed E-state index contributed by atoms with van der Waals surface area (Å²) in [5.41, 5.74) is 1.28. The fourth-order valence-electron chi connectivity index (χ4n) is 2.63. The van der Waals surface area contributed by atoms with Gasteiger partial charge >= 0.3 is 13.1 Å². The van der Waals surface area contributed by atoms with E-state index >= 15 is 0 Å². The van der Waals surface area contributed by atoms with Gasteiger partial charge in [0.25, 0.3) is 0 Å². The number of carboxylic acid groups (broad SMARTS) is 1. The zero-order valence-corrected chi connectivity index (χ0v) is 13.3. The van der Waals surface area contributed by atoms with Gasteiger partial charge in [-0.15, -0.1) is 5.10 Å². The summed E-state index contributed by atoms with van der Waals surface area (Å²) in [4.78, 5) is 11.6. The molecule has 0 unspecified atom stereocenters. The Kier molecular flexibility index (Phi) is 4.70. The molecule has 2 N–H and O–H groups in total. The van der Waals surface area contributed by atoms with E-state index in [4.69, 9.17) is 9.39 Å². The van der Waals surface area contributed by atoms with Crippen LogP contribution in [0, 0.1) is 0 Å². The number of hydrogen-bond donors (Lipinski definition) is 2. The molecule has 0 amide bonds. The molecule has 0 saturated carbocycles. The third kappa shape index (κ3) is 3.35. The molecule has 1 aromatic heterocycles. The molecule has 2 aromatic rings. The Bertz CT molecular complexity index is 749. The van der Waals surface area contributed by atoms with E-state index in [-0.39, 0.29) is 23.7 Å². The van der Waals surface area contributed by atoms with E-state index in [2.05, 4.69) is 10.3 Å². The van der Waals surface area contributed by atoms with Crippen molar-refractivity contribution in [1.29, 1.82) is 0 Å². The van der Waals surface area contributed by atoms with Gasteiger partial charge in [-0.3, -0.25) is 4.68 Å². The van der Waals surface area contributed by atoms with E-state index in [1.165, 1.54) is 0 Å². The minimum atomic E-state index is -1.16. The Morgan fingerprint density at radius 3 is 3.08 bits per heavy atom. The second-order valence-electron chi connectivity index (χ2n) is 5.60. The monoisotopic (exact) mass is 331 g/mol. The number of aromatic nitrogens is 3. The molecule has 1 aromatic carbocycles. The first-order valence-electron chi connectivity index (χ1n) is 7.84. The highest BCUT2D eigenvalue weighted by atomic mass is 16.5. The van der Waals surface area contributed by atoms with E-state index in [1.807, 2.05) is 6.92 Å². The first-order valence-corrected chi connectivity index (χ1v) is 7.84. The summed E-state index contributed by atoms with van der Waals surface area (Å²) in [6, 6.07) is 3.37. The van der Waals surface area contributed by atoms with Crippen LogP contribution in [0.1, 0.15) is 35.0 Å². The maximum Gasteiger partial charge on any atom is 0.522 e. The van der Waals surface area contributed by atoms with Crippen LogP contribution >= 0.6 is 0 Å². The number of rotatable bonds is 6. The average molecular weight is 331 g/mol. The zero-order chi connectivity index (χ0) is 17.1. The Balaban J connectivity index is 1.82. The predicted octanol–water partition coefficient (Wildman–Crippen LogP) is 1.38. The highest BCUT2D eigenvalue weighted by molar-refractivity contribution is 6.44. The number of carbonyl (C=O) groups is 1. The molecule has 3 rings (SSSR count). The molecule has 2 heterocycles. The number of fused-ring (bicyclic) bond motifs is 1. The SMILES string of the molecule is CCCn1cc(COc2ccc3c(c2C(=O)O)OB(O)CC3)nn1. The van der Waals surface area contributed by atoms with Gasteiger partial charge in [0.1, 0.15) is 29.4 Å². The molecule has 0 aliphatic carbocycles. The molecule has 0 saturated heterocycles. The van der Waals surface area contributed by atoms with E-state index in [0.717, 1.165) is 18.5 Å². The van der Waals surface area contributed by atoms with Crippen LogP contribution in [0.15, 0.2) is 18.3 Å². The predicted molar refractivity (Wildman–Crippen MR) is 85.2 cm³/mol. The lowest BCUT2D eigenvalue weighted by Crippen LogP contribution is -2.28. The van der Waals surface area contributed by atoms with Crippen LogP contribution < -0.4 is 9.39 Å². The lowest BCUT2D eigenvalue weighted by Gasteiger charge is -2.22. The Hall–Kier alpha value is -2.55. The van der Waals surface area contributed by atoms with Gasteiger partial charge in [-0.1, -0.05) is 18.2 Å². The summed E-state index contributed by atoms with van der Waals surface area (Å²) in [6.07, 6.45) is 3.70. The average Bonchev–Trinajstić information content (AvgIpc) is 2.99. The summed E-state index contributed by atoms with van der Waals surface area (Å²) in [6.45, 7) is 2.90. The highest BCUT2D eigenvalue weighted by Crippen LogP contribution is 2.36. The van der Waals surface area contributed by atoms with Gasteiger partial charge in [0, 0.05) is 6.54 Å². The number of aromatic carboxylic acids is 1. The maximum absolute atomic E-state index is 11.6. The van der Waals surface area contributed by atoms with Crippen molar-refractivity contribution in [2.45, 2.75) is 39.2 Å². The summed E-state index contributed by atoms with van der Waals surface area (Å²) in [7, 11) is -1.00. The standard InChI is InChI=1S/C15H18BN3O5/c1-2-7-19-8-11(17-18-19)9-23-12-4-3-10-5-6-16(22)24-14(10)13(12)15(20)21/h3-4,8,22H,2,5-7,9H2,1H3,(H,20,21). The van der Waals surface area contributed by atoms with Crippen LogP contribution in [0.25, 0.3) is 0 Å². The fourth-order valence-corrected chi connectivity index (χ4v) is 2.63. The van der Waals surface area contributed by atoms with Gasteiger partial charge in [0.2, 0.25) is 0 Å². The second-order valence-corrected chi connectivity index (χ2v) is 5.60. The van der Waals surface area contributed by atoms with Crippen LogP contribution in [0.5, 0.6) is 11.5 Å². The summed E-state index contributed by atoms with van der Waals surface area (Å²) in [5.74, 6) is -0.806. The van der Waals surface area contributed by atoms with Crippen molar-refractivity contribution in [1.82, 2.24) is 15.0 Å². The number of nitrogens with zero attached hydrogens (tertiary/aromatic N) is 3. The largest absolute Gasteiger partial charge is 0.535 e. The second kappa shape index (κ2) is 6.92. The van der Waals surface area contributed by atoms with Crippen molar-refractivity contribution < 1.29 is 24.3 Å². The first-order chi connectivity index (χ1) is 11.6. The minimum absolute atomic E-state index is 0.0767. The van der Waals surface area contributed by atoms with Gasteiger partial charge in [0.05, 0.1) is 6.20 Å². The molecule has 9 heteroatoms. The fraction of sp³-hybridized carbons (Fsp3) is 0.400. The normalized spacial score (nSPS) is 13.3. The number of hydrogen-bond acceptors (Lipinski definition) is 6. The van der Waals surface area contributed by atoms with E-state index in [1.54, 1.807) is 23.0 Å². The smallest absolute Gasteiger partial charge is 0.522 e. The van der Waals surface area contributed by atoms with Gasteiger partial charge in [-0.25, -0.2) is 4.79 Å². The third-order valence-electron chi connectivity index (χ3n) is 3.74. The molecule has 0 spiro atoms. The van der Waals surface area contributed by atoms with Gasteiger partial charge < -0.3 is 19.5 Å². The maximum atomic E-state index is 11.6. The van der Waals surface area contributed by atoms with Crippen molar-refractivity contribution in [2.24, 2.45) is 0 Å². The third-order valence-corrected chi connectivity index (χ3v) is 3.74. The molecular weight excluding hydrogens is 313 g/mol. The lowest BCUT2D eigenvalue weighted by atomic mass is 9.78. The number of aryl methyl sites for hydroxylation is 2. The topological polar surface area (TPSA) is 107 Å². The van der Waals surface area contributed by atoms with E-state index in [0.29, 0.717) is 18.4 Å². The molecule has 0 bridgehead atoms. The van der Waals surface area contributed by atoms with E-state index in [9.17, 15) is 14.9 Å². The molecule has 24 heavy (non-hydrogen) atoms. The first kappa shape index (κ1) is 16.3. The van der Waals surface area contributed by atoms with Gasteiger partial charge in [0.15, 0.2) is 0 Å².